The zero-order valence-electron chi connectivity index (χ0n) is 28.2. The molecule has 45 heavy (non-hydrogen) atoms. The Balaban J connectivity index is 0.000000608. The Labute approximate surface area is 265 Å². The van der Waals surface area contributed by atoms with Gasteiger partial charge in [-0.05, 0) is 69.2 Å². The molecule has 254 valence electrons. The lowest BCUT2D eigenvalue weighted by molar-refractivity contribution is -0.156. The number of aldehydes is 1. The largest absolute Gasteiger partial charge is 0.446 e. The van der Waals surface area contributed by atoms with Gasteiger partial charge in [0.2, 0.25) is 6.29 Å². The van der Waals surface area contributed by atoms with E-state index in [0.717, 1.165) is 13.1 Å². The third-order valence-corrected chi connectivity index (χ3v) is 7.05. The van der Waals surface area contributed by atoms with Crippen molar-refractivity contribution in [1.82, 2.24) is 15.1 Å². The fourth-order valence-electron chi connectivity index (χ4n) is 3.70. The summed E-state index contributed by atoms with van der Waals surface area (Å²) in [7, 11) is 0. The molecule has 0 saturated carbocycles. The monoisotopic (exact) mass is 642 g/mol. The zero-order chi connectivity index (χ0) is 35.4. The van der Waals surface area contributed by atoms with Crippen LogP contribution >= 0.6 is 0 Å². The molecule has 1 N–H and O–H groups in total. The molecule has 3 heterocycles. The highest BCUT2D eigenvalue weighted by Crippen LogP contribution is 2.34. The maximum Gasteiger partial charge on any atom is 0.446 e. The first kappa shape index (κ1) is 41.4. The number of nitrogens with zero attached hydrogens (tertiary/aromatic N) is 5. The molecule has 3 aliphatic heterocycles. The molecule has 3 aliphatic rings. The second-order valence-electron chi connectivity index (χ2n) is 14.4. The van der Waals surface area contributed by atoms with Gasteiger partial charge in [-0.2, -0.15) is 29.0 Å². The Kier molecular flexibility index (Phi) is 15.3. The Morgan fingerprint density at radius 1 is 0.756 bits per heavy atom. The molecular formula is C31H49F3N6O5. The summed E-state index contributed by atoms with van der Waals surface area (Å²) >= 11 is 0. The number of amides is 2. The van der Waals surface area contributed by atoms with E-state index >= 15 is 0 Å². The number of halogens is 3. The van der Waals surface area contributed by atoms with Gasteiger partial charge in [0, 0.05) is 63.4 Å². The summed E-state index contributed by atoms with van der Waals surface area (Å²) in [4.78, 5) is 35.0. The highest BCUT2D eigenvalue weighted by molar-refractivity contribution is 5.69. The van der Waals surface area contributed by atoms with Crippen LogP contribution in [0.3, 0.4) is 0 Å². The normalized spacial score (nSPS) is 17.2. The zero-order valence-corrected chi connectivity index (χ0v) is 28.2. The van der Waals surface area contributed by atoms with E-state index in [4.69, 9.17) is 30.1 Å². The van der Waals surface area contributed by atoms with Crippen molar-refractivity contribution in [3.8, 4) is 18.2 Å². The summed E-state index contributed by atoms with van der Waals surface area (Å²) in [5, 5.41) is 29.2. The van der Waals surface area contributed by atoms with E-state index < -0.39 is 23.7 Å². The van der Waals surface area contributed by atoms with Gasteiger partial charge in [-0.1, -0.05) is 0 Å². The molecule has 0 unspecified atom stereocenters. The van der Waals surface area contributed by atoms with Gasteiger partial charge in [0.05, 0.1) is 29.0 Å². The first-order valence-corrected chi connectivity index (χ1v) is 14.7. The van der Waals surface area contributed by atoms with Crippen LogP contribution in [0, 0.1) is 62.6 Å². The molecule has 0 bridgehead atoms. The van der Waals surface area contributed by atoms with E-state index in [1.54, 1.807) is 9.80 Å². The van der Waals surface area contributed by atoms with Gasteiger partial charge in [-0.25, -0.2) is 9.59 Å². The van der Waals surface area contributed by atoms with Crippen LogP contribution in [0.5, 0.6) is 0 Å². The first-order chi connectivity index (χ1) is 20.3. The van der Waals surface area contributed by atoms with Crippen LogP contribution in [0.15, 0.2) is 0 Å². The average Bonchev–Trinajstić information content (AvgIpc) is 2.77. The van der Waals surface area contributed by atoms with Crippen LogP contribution in [-0.4, -0.2) is 84.9 Å². The van der Waals surface area contributed by atoms with Crippen LogP contribution in [0.4, 0.5) is 22.8 Å². The van der Waals surface area contributed by atoms with Crippen LogP contribution in [0.2, 0.25) is 0 Å². The summed E-state index contributed by atoms with van der Waals surface area (Å²) in [6, 6.07) is 6.67. The standard InChI is InChI=1S/C12H20N2O2.C10H16N2O2.C7H12N2.C2HF3O/c1-11(2,3)16-10(15)14-6-9(7-14)12(4,5)8-13;1-10(2,3)14-9(13)12-6-8(7-12)4-5-11;1-7(2,5-8)6-3-9-4-6;3-2(4,5)1-6/h9H,6-7H2,1-5H3;8H,4,6-7H2,1-3H3;6,9H,3-4H2,1-2H3;1H. The Morgan fingerprint density at radius 3 is 1.36 bits per heavy atom. The van der Waals surface area contributed by atoms with Crippen molar-refractivity contribution in [3.05, 3.63) is 0 Å². The number of carbonyl (C=O) groups is 3. The van der Waals surface area contributed by atoms with Crippen molar-refractivity contribution in [2.45, 2.75) is 93.0 Å². The van der Waals surface area contributed by atoms with Crippen molar-refractivity contribution < 1.29 is 37.0 Å². The number of nitriles is 3. The maximum atomic E-state index is 11.6. The average molecular weight is 643 g/mol. The quantitative estimate of drug-likeness (QED) is 0.383. The fraction of sp³-hybridized carbons (Fsp3) is 0.806. The number of alkyl halides is 3. The number of hydrogen-bond acceptors (Lipinski definition) is 9. The van der Waals surface area contributed by atoms with Crippen molar-refractivity contribution in [2.75, 3.05) is 39.3 Å². The number of rotatable bonds is 3. The summed E-state index contributed by atoms with van der Waals surface area (Å²) in [5.41, 5.74) is -1.37. The number of hydrogen-bond donors (Lipinski definition) is 1. The Morgan fingerprint density at radius 2 is 1.11 bits per heavy atom. The third-order valence-electron chi connectivity index (χ3n) is 7.05. The second-order valence-corrected chi connectivity index (χ2v) is 14.4. The van der Waals surface area contributed by atoms with Gasteiger partial charge < -0.3 is 24.6 Å². The van der Waals surface area contributed by atoms with E-state index in [-0.39, 0.29) is 28.9 Å². The van der Waals surface area contributed by atoms with Crippen LogP contribution in [0.25, 0.3) is 0 Å². The number of carbonyl (C=O) groups excluding carboxylic acids is 3. The van der Waals surface area contributed by atoms with Crippen LogP contribution < -0.4 is 5.32 Å². The van der Waals surface area contributed by atoms with E-state index in [2.05, 4.69) is 23.5 Å². The van der Waals surface area contributed by atoms with E-state index in [9.17, 15) is 22.8 Å². The van der Waals surface area contributed by atoms with Crippen molar-refractivity contribution >= 4 is 18.5 Å². The molecule has 0 spiro atoms. The van der Waals surface area contributed by atoms with Gasteiger partial charge in [0.15, 0.2) is 0 Å². The lowest BCUT2D eigenvalue weighted by Gasteiger charge is -2.44. The highest BCUT2D eigenvalue weighted by Gasteiger charge is 2.42. The first-order valence-electron chi connectivity index (χ1n) is 14.7. The van der Waals surface area contributed by atoms with Crippen molar-refractivity contribution in [2.24, 2.45) is 28.6 Å². The van der Waals surface area contributed by atoms with Gasteiger partial charge in [-0.3, -0.25) is 4.79 Å². The molecule has 0 aromatic heterocycles. The summed E-state index contributed by atoms with van der Waals surface area (Å²) in [6.07, 6.45) is -5.73. The van der Waals surface area contributed by atoms with Gasteiger partial charge in [-0.15, -0.1) is 0 Å². The van der Waals surface area contributed by atoms with Gasteiger partial charge in [0.25, 0.3) is 0 Å². The van der Waals surface area contributed by atoms with Crippen LogP contribution in [0.1, 0.15) is 75.7 Å². The molecule has 0 atom stereocenters. The van der Waals surface area contributed by atoms with Gasteiger partial charge in [0.1, 0.15) is 11.2 Å². The Hall–Kier alpha value is -3.57. The molecule has 14 heteroatoms. The minimum Gasteiger partial charge on any atom is -0.444 e. The molecule has 2 amide bonds. The summed E-state index contributed by atoms with van der Waals surface area (Å²) in [5.74, 6) is 1.17. The van der Waals surface area contributed by atoms with Crippen molar-refractivity contribution in [1.29, 1.82) is 15.8 Å². The van der Waals surface area contributed by atoms with E-state index in [1.165, 1.54) is 0 Å². The van der Waals surface area contributed by atoms with Gasteiger partial charge >= 0.3 is 18.4 Å². The Bertz CT molecular complexity index is 1110. The summed E-state index contributed by atoms with van der Waals surface area (Å²) < 4.78 is 41.7. The molecule has 0 radical (unpaired) electrons. The molecule has 3 rings (SSSR count). The minimum absolute atomic E-state index is 0.120. The second kappa shape index (κ2) is 16.7. The van der Waals surface area contributed by atoms with E-state index in [0.29, 0.717) is 44.4 Å². The molecule has 11 nitrogen and oxygen atoms in total. The molecule has 3 saturated heterocycles. The molecule has 3 fully saturated rings. The van der Waals surface area contributed by atoms with Crippen LogP contribution in [-0.2, 0) is 14.3 Å². The molecular weight excluding hydrogens is 593 g/mol. The minimum atomic E-state index is -4.64. The van der Waals surface area contributed by atoms with E-state index in [1.807, 2.05) is 69.2 Å². The number of likely N-dealkylation sites (tertiary alicyclic amines) is 2. The predicted molar refractivity (Wildman–Crippen MR) is 160 cm³/mol. The highest BCUT2D eigenvalue weighted by atomic mass is 19.4. The molecule has 0 aromatic carbocycles. The van der Waals surface area contributed by atoms with Crippen molar-refractivity contribution in [3.63, 3.8) is 0 Å². The fourth-order valence-corrected chi connectivity index (χ4v) is 3.70. The third kappa shape index (κ3) is 16.4. The SMILES string of the molecule is CC(C)(C#N)C1CNC1.CC(C)(C)OC(=O)N1CC(C(C)(C)C#N)C1.CC(C)(C)OC(=O)N1CC(CC#N)C1.O=CC(F)(F)F. The lowest BCUT2D eigenvalue weighted by atomic mass is 9.76. The maximum absolute atomic E-state index is 11.6. The smallest absolute Gasteiger partial charge is 0.444 e. The summed E-state index contributed by atoms with van der Waals surface area (Å²) in [6.45, 7) is 23.5. The topological polar surface area (TPSA) is 160 Å². The number of ether oxygens (including phenoxy) is 2. The molecule has 0 aliphatic carbocycles. The lowest BCUT2D eigenvalue weighted by Crippen LogP contribution is -2.55. The molecule has 0 aromatic rings. The number of nitrogens with one attached hydrogen (secondary N) is 1. The predicted octanol–water partition coefficient (Wildman–Crippen LogP) is 5.67.